The van der Waals surface area contributed by atoms with E-state index in [-0.39, 0.29) is 11.9 Å². The second-order valence-corrected chi connectivity index (χ2v) is 5.55. The zero-order valence-corrected chi connectivity index (χ0v) is 11.1. The van der Waals surface area contributed by atoms with Crippen LogP contribution in [0.2, 0.25) is 0 Å². The summed E-state index contributed by atoms with van der Waals surface area (Å²) < 4.78 is 0. The largest absolute Gasteiger partial charge is 0.349 e. The highest BCUT2D eigenvalue weighted by atomic mass is 35.5. The molecule has 0 spiro atoms. The van der Waals surface area contributed by atoms with Gasteiger partial charge in [-0.1, -0.05) is 24.3 Å². The van der Waals surface area contributed by atoms with Crippen molar-refractivity contribution in [1.29, 1.82) is 0 Å². The molecule has 1 amide bonds. The van der Waals surface area contributed by atoms with Gasteiger partial charge >= 0.3 is 0 Å². The fourth-order valence-electron chi connectivity index (χ4n) is 2.12. The number of halogens is 1. The molecule has 17 heavy (non-hydrogen) atoms. The minimum absolute atomic E-state index is 0.0363. The molecule has 0 aromatic heterocycles. The second-order valence-electron chi connectivity index (χ2n) is 5.28. The Balaban J connectivity index is 2.10. The molecule has 1 unspecified atom stereocenters. The summed E-state index contributed by atoms with van der Waals surface area (Å²) in [5.41, 5.74) is 2.10. The molecule has 1 N–H and O–H groups in total. The Morgan fingerprint density at radius 2 is 2.18 bits per heavy atom. The number of alkyl halides is 1. The normalized spacial score (nSPS) is 18.9. The minimum Gasteiger partial charge on any atom is -0.349 e. The average Bonchev–Trinajstić information content (AvgIpc) is 2.73. The number of carbonyl (C=O) groups is 1. The van der Waals surface area contributed by atoms with Crippen LogP contribution in [0.15, 0.2) is 24.3 Å². The summed E-state index contributed by atoms with van der Waals surface area (Å²) in [6, 6.07) is 8.46. The van der Waals surface area contributed by atoms with Crippen LogP contribution in [0.25, 0.3) is 0 Å². The van der Waals surface area contributed by atoms with Gasteiger partial charge < -0.3 is 5.32 Å². The summed E-state index contributed by atoms with van der Waals surface area (Å²) in [5, 5.41) is 3.10. The first-order valence-corrected chi connectivity index (χ1v) is 6.53. The van der Waals surface area contributed by atoms with E-state index in [1.54, 1.807) is 0 Å². The van der Waals surface area contributed by atoms with Gasteiger partial charge in [-0.3, -0.25) is 4.79 Å². The number of rotatable bonds is 3. The van der Waals surface area contributed by atoms with Gasteiger partial charge in [-0.05, 0) is 37.8 Å². The summed E-state index contributed by atoms with van der Waals surface area (Å²) in [6.07, 6.45) is 2.03. The third-order valence-corrected chi connectivity index (χ3v) is 4.06. The first-order valence-electron chi connectivity index (χ1n) is 5.99. The smallest absolute Gasteiger partial charge is 0.227 e. The number of carbonyl (C=O) groups excluding carboxylic acids is 1. The Morgan fingerprint density at radius 1 is 1.47 bits per heavy atom. The molecule has 0 bridgehead atoms. The third-order valence-electron chi connectivity index (χ3n) is 3.39. The number of nitrogens with one attached hydrogen (secondary N) is 1. The van der Waals surface area contributed by atoms with Gasteiger partial charge in [-0.2, -0.15) is 0 Å². The van der Waals surface area contributed by atoms with Gasteiger partial charge in [0.1, 0.15) is 0 Å². The van der Waals surface area contributed by atoms with Crippen LogP contribution in [-0.4, -0.2) is 11.8 Å². The Morgan fingerprint density at radius 3 is 2.88 bits per heavy atom. The highest BCUT2D eigenvalue weighted by Gasteiger charge is 2.31. The van der Waals surface area contributed by atoms with Gasteiger partial charge in [0, 0.05) is 5.88 Å². The summed E-state index contributed by atoms with van der Waals surface area (Å²) in [7, 11) is 0. The highest BCUT2D eigenvalue weighted by Crippen LogP contribution is 2.31. The first-order chi connectivity index (χ1) is 8.04. The lowest BCUT2D eigenvalue weighted by Gasteiger charge is -2.24. The zero-order chi connectivity index (χ0) is 12.5. The van der Waals surface area contributed by atoms with E-state index >= 15 is 0 Å². The Labute approximate surface area is 107 Å². The summed E-state index contributed by atoms with van der Waals surface area (Å²) in [5.74, 6) is 0.377. The van der Waals surface area contributed by atoms with Crippen molar-refractivity contribution in [3.05, 3.63) is 35.4 Å². The van der Waals surface area contributed by atoms with Gasteiger partial charge in [-0.25, -0.2) is 0 Å². The van der Waals surface area contributed by atoms with Crippen LogP contribution < -0.4 is 5.32 Å². The quantitative estimate of drug-likeness (QED) is 0.822. The van der Waals surface area contributed by atoms with E-state index < -0.39 is 5.41 Å². The van der Waals surface area contributed by atoms with Crippen molar-refractivity contribution in [3.8, 4) is 0 Å². The summed E-state index contributed by atoms with van der Waals surface area (Å²) in [6.45, 7) is 3.74. The SMILES string of the molecule is CC(C)(CCl)C(=O)NC1CCc2ccccc21. The Hall–Kier alpha value is -1.02. The molecule has 1 aliphatic carbocycles. The van der Waals surface area contributed by atoms with E-state index in [0.29, 0.717) is 5.88 Å². The van der Waals surface area contributed by atoms with Crippen LogP contribution in [0.5, 0.6) is 0 Å². The van der Waals surface area contributed by atoms with Gasteiger partial charge in [0.2, 0.25) is 5.91 Å². The molecule has 92 valence electrons. The average molecular weight is 252 g/mol. The van der Waals surface area contributed by atoms with Crippen LogP contribution in [0, 0.1) is 5.41 Å². The maximum Gasteiger partial charge on any atom is 0.227 e. The highest BCUT2D eigenvalue weighted by molar-refractivity contribution is 6.19. The molecule has 1 aromatic carbocycles. The zero-order valence-electron chi connectivity index (χ0n) is 10.3. The maximum atomic E-state index is 12.1. The molecule has 0 aliphatic heterocycles. The summed E-state index contributed by atoms with van der Waals surface area (Å²) in [4.78, 5) is 12.1. The fraction of sp³-hybridized carbons (Fsp3) is 0.500. The van der Waals surface area contributed by atoms with Gasteiger partial charge in [-0.15, -0.1) is 11.6 Å². The van der Waals surface area contributed by atoms with Crippen molar-refractivity contribution < 1.29 is 4.79 Å². The standard InChI is InChI=1S/C14H18ClNO/c1-14(2,9-15)13(17)16-12-8-7-10-5-3-4-6-11(10)12/h3-6,12H,7-9H2,1-2H3,(H,16,17). The number of amides is 1. The van der Waals surface area contributed by atoms with Crippen LogP contribution >= 0.6 is 11.6 Å². The molecule has 0 fully saturated rings. The van der Waals surface area contributed by atoms with Crippen LogP contribution in [0.4, 0.5) is 0 Å². The maximum absolute atomic E-state index is 12.1. The van der Waals surface area contributed by atoms with Gasteiger partial charge in [0.05, 0.1) is 11.5 Å². The predicted molar refractivity (Wildman–Crippen MR) is 70.1 cm³/mol. The number of fused-ring (bicyclic) bond motifs is 1. The molecule has 0 heterocycles. The van der Waals surface area contributed by atoms with Crippen LogP contribution in [0.1, 0.15) is 37.4 Å². The lowest BCUT2D eigenvalue weighted by Crippen LogP contribution is -2.39. The molecule has 3 heteroatoms. The van der Waals surface area contributed by atoms with E-state index in [1.165, 1.54) is 11.1 Å². The van der Waals surface area contributed by atoms with E-state index in [2.05, 4.69) is 17.4 Å². The lowest BCUT2D eigenvalue weighted by molar-refractivity contribution is -0.129. The van der Waals surface area contributed by atoms with Crippen molar-refractivity contribution in [2.24, 2.45) is 5.41 Å². The molecule has 2 nitrogen and oxygen atoms in total. The molecule has 0 saturated carbocycles. The molecule has 1 aliphatic rings. The van der Waals surface area contributed by atoms with E-state index in [1.807, 2.05) is 26.0 Å². The van der Waals surface area contributed by atoms with E-state index in [0.717, 1.165) is 12.8 Å². The number of benzene rings is 1. The molecular weight excluding hydrogens is 234 g/mol. The number of hydrogen-bond donors (Lipinski definition) is 1. The Kier molecular flexibility index (Phi) is 3.43. The Bertz CT molecular complexity index is 428. The molecule has 2 rings (SSSR count). The molecular formula is C14H18ClNO. The second kappa shape index (κ2) is 4.69. The molecule has 0 radical (unpaired) electrons. The monoisotopic (exact) mass is 251 g/mol. The lowest BCUT2D eigenvalue weighted by atomic mass is 9.94. The van der Waals surface area contributed by atoms with Crippen LogP contribution in [0.3, 0.4) is 0 Å². The van der Waals surface area contributed by atoms with Crippen LogP contribution in [-0.2, 0) is 11.2 Å². The van der Waals surface area contributed by atoms with Crippen molar-refractivity contribution in [3.63, 3.8) is 0 Å². The summed E-state index contributed by atoms with van der Waals surface area (Å²) >= 11 is 5.81. The van der Waals surface area contributed by atoms with Gasteiger partial charge in [0.15, 0.2) is 0 Å². The van der Waals surface area contributed by atoms with Crippen molar-refractivity contribution in [1.82, 2.24) is 5.32 Å². The third kappa shape index (κ3) is 2.47. The number of hydrogen-bond acceptors (Lipinski definition) is 1. The van der Waals surface area contributed by atoms with Crippen molar-refractivity contribution in [2.45, 2.75) is 32.7 Å². The van der Waals surface area contributed by atoms with Crippen molar-refractivity contribution >= 4 is 17.5 Å². The topological polar surface area (TPSA) is 29.1 Å². The van der Waals surface area contributed by atoms with Gasteiger partial charge in [0.25, 0.3) is 0 Å². The van der Waals surface area contributed by atoms with E-state index in [9.17, 15) is 4.79 Å². The first kappa shape index (κ1) is 12.4. The molecule has 1 aromatic rings. The predicted octanol–water partition coefficient (Wildman–Crippen LogP) is 3.06. The molecule has 0 saturated heterocycles. The number of aryl methyl sites for hydroxylation is 1. The minimum atomic E-state index is -0.501. The van der Waals surface area contributed by atoms with E-state index in [4.69, 9.17) is 11.6 Å². The molecule has 1 atom stereocenters. The van der Waals surface area contributed by atoms with Crippen molar-refractivity contribution in [2.75, 3.05) is 5.88 Å². The fourth-order valence-corrected chi connectivity index (χ4v) is 2.24.